The smallest absolute Gasteiger partial charge is 0.291 e. The first-order chi connectivity index (χ1) is 13.8. The first-order valence-electron chi connectivity index (χ1n) is 9.00. The minimum absolute atomic E-state index is 0.0511. The van der Waals surface area contributed by atoms with E-state index in [9.17, 15) is 13.2 Å². The van der Waals surface area contributed by atoms with Crippen LogP contribution in [0.25, 0.3) is 11.0 Å². The minimum atomic E-state index is -3.76. The molecule has 29 heavy (non-hydrogen) atoms. The number of fused-ring (bicyclic) bond motifs is 1. The Balaban J connectivity index is 1.58. The molecule has 3 aromatic rings. The molecule has 0 unspecified atom stereocenters. The highest BCUT2D eigenvalue weighted by Crippen LogP contribution is 2.28. The van der Waals surface area contributed by atoms with Gasteiger partial charge >= 0.3 is 0 Å². The van der Waals surface area contributed by atoms with Crippen molar-refractivity contribution in [3.05, 3.63) is 58.3 Å². The van der Waals surface area contributed by atoms with E-state index < -0.39 is 15.9 Å². The fourth-order valence-electron chi connectivity index (χ4n) is 3.18. The molecule has 9 heteroatoms. The van der Waals surface area contributed by atoms with Crippen molar-refractivity contribution in [2.75, 3.05) is 11.9 Å². The van der Waals surface area contributed by atoms with Crippen LogP contribution in [0, 0.1) is 6.92 Å². The number of hydrogen-bond donors (Lipinski definition) is 2. The van der Waals surface area contributed by atoms with Gasteiger partial charge in [0, 0.05) is 34.1 Å². The van der Waals surface area contributed by atoms with Gasteiger partial charge in [-0.25, -0.2) is 8.42 Å². The molecule has 0 saturated heterocycles. The molecule has 0 aliphatic carbocycles. The maximum absolute atomic E-state index is 12.7. The highest BCUT2D eigenvalue weighted by Gasteiger charge is 2.21. The lowest BCUT2D eigenvalue weighted by atomic mass is 10.1. The maximum Gasteiger partial charge on any atom is 0.291 e. The van der Waals surface area contributed by atoms with E-state index in [1.807, 2.05) is 12.1 Å². The van der Waals surface area contributed by atoms with Crippen LogP contribution in [0.1, 0.15) is 29.0 Å². The van der Waals surface area contributed by atoms with Gasteiger partial charge in [-0.3, -0.25) is 14.5 Å². The molecule has 4 rings (SSSR count). The summed E-state index contributed by atoms with van der Waals surface area (Å²) in [5, 5.41) is 3.55. The quantitative estimate of drug-likeness (QED) is 0.589. The summed E-state index contributed by atoms with van der Waals surface area (Å²) in [7, 11) is -3.76. The van der Waals surface area contributed by atoms with E-state index in [4.69, 9.17) is 4.42 Å². The number of benzene rings is 2. The lowest BCUT2D eigenvalue weighted by molar-refractivity contribution is 0.0998. The van der Waals surface area contributed by atoms with Crippen molar-refractivity contribution in [3.8, 4) is 0 Å². The van der Waals surface area contributed by atoms with Gasteiger partial charge in [0.05, 0.1) is 4.90 Å². The number of anilines is 1. The Hall–Kier alpha value is -2.65. The van der Waals surface area contributed by atoms with E-state index in [0.717, 1.165) is 16.3 Å². The molecule has 1 aromatic heterocycles. The Morgan fingerprint density at radius 3 is 2.79 bits per heavy atom. The average Bonchev–Trinajstić information content (AvgIpc) is 3.30. The van der Waals surface area contributed by atoms with E-state index in [1.54, 1.807) is 25.1 Å². The Bertz CT molecular complexity index is 1250. The second kappa shape index (κ2) is 7.64. The summed E-state index contributed by atoms with van der Waals surface area (Å²) in [6.07, 6.45) is 1.44. The summed E-state index contributed by atoms with van der Waals surface area (Å²) in [4.78, 5) is 16.9. The summed E-state index contributed by atoms with van der Waals surface area (Å²) in [5.41, 5.74) is 1.67. The van der Waals surface area contributed by atoms with Crippen molar-refractivity contribution in [2.45, 2.75) is 24.7 Å². The standard InChI is InChI=1S/C20H18BrN3O4S/c1-12-16-10-13(21)7-8-17(16)28-19(12)20(25)23-14-4-2-5-15(11-14)29(26,27)24-18-6-3-9-22-18/h2,4-5,7-8,10-11H,3,6,9H2,1H3,(H,22,24)(H,23,25). The lowest BCUT2D eigenvalue weighted by Crippen LogP contribution is -2.29. The molecule has 0 fully saturated rings. The third kappa shape index (κ3) is 4.06. The molecule has 2 heterocycles. The van der Waals surface area contributed by atoms with Crippen LogP contribution in [0.2, 0.25) is 0 Å². The Morgan fingerprint density at radius 1 is 1.21 bits per heavy atom. The summed E-state index contributed by atoms with van der Waals surface area (Å²) < 4.78 is 34.2. The number of hydrogen-bond acceptors (Lipinski definition) is 5. The second-order valence-corrected chi connectivity index (χ2v) is 9.31. The molecule has 1 aliphatic heterocycles. The number of amidine groups is 1. The summed E-state index contributed by atoms with van der Waals surface area (Å²) in [6, 6.07) is 11.6. The number of furan rings is 1. The second-order valence-electron chi connectivity index (χ2n) is 6.72. The van der Waals surface area contributed by atoms with Gasteiger partial charge in [0.1, 0.15) is 11.4 Å². The molecule has 0 saturated carbocycles. The monoisotopic (exact) mass is 475 g/mol. The van der Waals surface area contributed by atoms with Crippen LogP contribution >= 0.6 is 15.9 Å². The number of amides is 1. The van der Waals surface area contributed by atoms with Gasteiger partial charge in [0.2, 0.25) is 0 Å². The number of rotatable bonds is 4. The maximum atomic E-state index is 12.7. The molecule has 2 aromatic carbocycles. The molecule has 0 radical (unpaired) electrons. The van der Waals surface area contributed by atoms with Crippen molar-refractivity contribution in [1.82, 2.24) is 4.72 Å². The zero-order valence-corrected chi connectivity index (χ0v) is 17.9. The van der Waals surface area contributed by atoms with Gasteiger partial charge in [-0.15, -0.1) is 0 Å². The van der Waals surface area contributed by atoms with Crippen molar-refractivity contribution in [2.24, 2.45) is 4.99 Å². The van der Waals surface area contributed by atoms with Crippen LogP contribution in [0.3, 0.4) is 0 Å². The summed E-state index contributed by atoms with van der Waals surface area (Å²) >= 11 is 3.41. The number of nitrogens with zero attached hydrogens (tertiary/aromatic N) is 1. The van der Waals surface area contributed by atoms with Gasteiger partial charge in [0.15, 0.2) is 5.76 Å². The Kier molecular flexibility index (Phi) is 5.18. The van der Waals surface area contributed by atoms with Crippen LogP contribution in [0.5, 0.6) is 0 Å². The van der Waals surface area contributed by atoms with Crippen LogP contribution in [-0.2, 0) is 10.0 Å². The number of halogens is 1. The van der Waals surface area contributed by atoms with Gasteiger partial charge in [-0.2, -0.15) is 0 Å². The first kappa shape index (κ1) is 19.7. The van der Waals surface area contributed by atoms with Crippen LogP contribution in [0.15, 0.2) is 61.2 Å². The van der Waals surface area contributed by atoms with E-state index in [2.05, 4.69) is 31.0 Å². The molecule has 0 atom stereocenters. The van der Waals surface area contributed by atoms with Gasteiger partial charge in [0.25, 0.3) is 15.9 Å². The number of carbonyl (C=O) groups is 1. The van der Waals surface area contributed by atoms with Crippen LogP contribution in [-0.4, -0.2) is 26.7 Å². The third-order valence-corrected chi connectivity index (χ3v) is 6.51. The van der Waals surface area contributed by atoms with E-state index >= 15 is 0 Å². The van der Waals surface area contributed by atoms with E-state index in [1.165, 1.54) is 12.1 Å². The zero-order valence-electron chi connectivity index (χ0n) is 15.5. The van der Waals surface area contributed by atoms with Gasteiger partial charge < -0.3 is 9.73 Å². The summed E-state index contributed by atoms with van der Waals surface area (Å²) in [6.45, 7) is 2.43. The molecular weight excluding hydrogens is 458 g/mol. The van der Waals surface area contributed by atoms with Gasteiger partial charge in [-0.05, 0) is 49.7 Å². The third-order valence-electron chi connectivity index (χ3n) is 4.63. The average molecular weight is 476 g/mol. The van der Waals surface area contributed by atoms with Crippen molar-refractivity contribution >= 4 is 54.4 Å². The molecule has 0 spiro atoms. The van der Waals surface area contributed by atoms with E-state index in [-0.39, 0.29) is 10.7 Å². The Morgan fingerprint density at radius 2 is 2.03 bits per heavy atom. The molecule has 0 bridgehead atoms. The van der Waals surface area contributed by atoms with Crippen LogP contribution in [0.4, 0.5) is 5.69 Å². The van der Waals surface area contributed by atoms with Crippen molar-refractivity contribution < 1.29 is 17.6 Å². The number of nitrogens with one attached hydrogen (secondary N) is 2. The number of carbonyl (C=O) groups excluding carboxylic acids is 1. The largest absolute Gasteiger partial charge is 0.451 e. The molecule has 150 valence electrons. The fourth-order valence-corrected chi connectivity index (χ4v) is 4.67. The zero-order chi connectivity index (χ0) is 20.6. The molecular formula is C20H18BrN3O4S. The van der Waals surface area contributed by atoms with Gasteiger partial charge in [-0.1, -0.05) is 22.0 Å². The molecule has 1 aliphatic rings. The van der Waals surface area contributed by atoms with Crippen molar-refractivity contribution in [3.63, 3.8) is 0 Å². The van der Waals surface area contributed by atoms with Crippen molar-refractivity contribution in [1.29, 1.82) is 0 Å². The lowest BCUT2D eigenvalue weighted by Gasteiger charge is -2.10. The molecule has 2 N–H and O–H groups in total. The first-order valence-corrected chi connectivity index (χ1v) is 11.3. The van der Waals surface area contributed by atoms with E-state index in [0.29, 0.717) is 35.6 Å². The number of aliphatic imine (C=N–C) groups is 1. The predicted molar refractivity (Wildman–Crippen MR) is 115 cm³/mol. The predicted octanol–water partition coefficient (Wildman–Crippen LogP) is 4.23. The van der Waals surface area contributed by atoms with Crippen LogP contribution < -0.4 is 10.0 Å². The number of sulfonamides is 1. The summed E-state index contributed by atoms with van der Waals surface area (Å²) in [5.74, 6) is 0.200. The SMILES string of the molecule is Cc1c(C(=O)Nc2cccc(S(=O)(=O)NC3=NCCC3)c2)oc2ccc(Br)cc12. The topological polar surface area (TPSA) is 101 Å². The molecule has 1 amide bonds. The highest BCUT2D eigenvalue weighted by molar-refractivity contribution is 9.10. The Labute approximate surface area is 176 Å². The fraction of sp³-hybridized carbons (Fsp3) is 0.200. The molecule has 7 nitrogen and oxygen atoms in total. The minimum Gasteiger partial charge on any atom is -0.451 e. The normalized spacial score (nSPS) is 14.1. The number of aryl methyl sites for hydroxylation is 1. The highest BCUT2D eigenvalue weighted by atomic mass is 79.9.